The van der Waals surface area contributed by atoms with Crippen LogP contribution in [0.1, 0.15) is 11.3 Å². The molecule has 0 spiro atoms. The van der Waals surface area contributed by atoms with Gasteiger partial charge < -0.3 is 0 Å². The molecule has 0 fully saturated rings. The van der Waals surface area contributed by atoms with Crippen molar-refractivity contribution in [3.05, 3.63) is 93.6 Å². The summed E-state index contributed by atoms with van der Waals surface area (Å²) in [5.74, 6) is -0.321. The van der Waals surface area contributed by atoms with Crippen LogP contribution in [0.25, 0.3) is 32.1 Å². The zero-order valence-electron chi connectivity index (χ0n) is 16.3. The molecule has 2 aromatic carbocycles. The van der Waals surface area contributed by atoms with Crippen molar-refractivity contribution in [1.82, 2.24) is 14.8 Å². The first-order chi connectivity index (χ1) is 14.6. The Hall–Kier alpha value is -3.38. The largest absolute Gasteiger partial charge is 0.276 e. The number of para-hydroxylation sites is 1. The third kappa shape index (κ3) is 3.29. The Bertz CT molecular complexity index is 1450. The molecule has 5 aromatic rings. The normalized spacial score (nSPS) is 11.4. The second kappa shape index (κ2) is 7.46. The van der Waals surface area contributed by atoms with E-state index in [1.165, 1.54) is 22.1 Å². The molecule has 0 radical (unpaired) electrons. The molecule has 0 saturated heterocycles. The number of aryl methyl sites for hydroxylation is 3. The average Bonchev–Trinajstić information content (AvgIpc) is 3.18. The number of benzene rings is 2. The van der Waals surface area contributed by atoms with Crippen molar-refractivity contribution in [3.8, 4) is 11.1 Å². The van der Waals surface area contributed by atoms with Crippen molar-refractivity contribution in [3.63, 3.8) is 0 Å². The zero-order chi connectivity index (χ0) is 20.7. The van der Waals surface area contributed by atoms with Crippen LogP contribution in [0, 0.1) is 12.7 Å². The lowest BCUT2D eigenvalue weighted by atomic mass is 10.0. The molecule has 30 heavy (non-hydrogen) atoms. The van der Waals surface area contributed by atoms with Crippen molar-refractivity contribution in [2.75, 3.05) is 0 Å². The van der Waals surface area contributed by atoms with E-state index in [9.17, 15) is 9.18 Å². The average molecular weight is 415 g/mol. The van der Waals surface area contributed by atoms with Gasteiger partial charge in [0.2, 0.25) is 0 Å². The van der Waals surface area contributed by atoms with Crippen molar-refractivity contribution in [2.45, 2.75) is 19.9 Å². The second-order valence-corrected chi connectivity index (χ2v) is 8.20. The molecule has 0 amide bonds. The predicted octanol–water partition coefficient (Wildman–Crippen LogP) is 5.36. The monoisotopic (exact) mass is 415 g/mol. The Balaban J connectivity index is 1.50. The summed E-state index contributed by atoms with van der Waals surface area (Å²) < 4.78 is 16.7. The van der Waals surface area contributed by atoms with Crippen LogP contribution in [0.4, 0.5) is 4.39 Å². The summed E-state index contributed by atoms with van der Waals surface area (Å²) in [7, 11) is 0. The van der Waals surface area contributed by atoms with Crippen molar-refractivity contribution in [2.24, 2.45) is 0 Å². The molecule has 0 aliphatic rings. The van der Waals surface area contributed by atoms with Gasteiger partial charge in [-0.1, -0.05) is 36.4 Å². The van der Waals surface area contributed by atoms with Gasteiger partial charge in [0.15, 0.2) is 0 Å². The Kier molecular flexibility index (Phi) is 4.64. The minimum atomic E-state index is -0.321. The fraction of sp³-hybridized carbons (Fsp3) is 0.125. The summed E-state index contributed by atoms with van der Waals surface area (Å²) >= 11 is 1.41. The van der Waals surface area contributed by atoms with E-state index >= 15 is 0 Å². The van der Waals surface area contributed by atoms with Gasteiger partial charge >= 0.3 is 0 Å². The molecular weight excluding hydrogens is 397 g/mol. The second-order valence-electron chi connectivity index (χ2n) is 7.29. The molecule has 0 N–H and O–H groups in total. The number of pyridine rings is 1. The number of rotatable bonds is 4. The van der Waals surface area contributed by atoms with E-state index in [4.69, 9.17) is 0 Å². The van der Waals surface area contributed by atoms with Crippen LogP contribution in [0.15, 0.2) is 71.0 Å². The van der Waals surface area contributed by atoms with E-state index in [2.05, 4.69) is 10.1 Å². The molecule has 0 aliphatic carbocycles. The number of fused-ring (bicyclic) bond motifs is 2. The third-order valence-electron chi connectivity index (χ3n) is 5.23. The van der Waals surface area contributed by atoms with Gasteiger partial charge in [-0.25, -0.2) is 9.07 Å². The highest BCUT2D eigenvalue weighted by molar-refractivity contribution is 7.17. The molecule has 0 aliphatic heterocycles. The maximum absolute atomic E-state index is 14.5. The summed E-state index contributed by atoms with van der Waals surface area (Å²) in [4.78, 5) is 17.8. The van der Waals surface area contributed by atoms with Crippen LogP contribution in [-0.4, -0.2) is 14.8 Å². The van der Waals surface area contributed by atoms with Gasteiger partial charge in [-0.3, -0.25) is 9.78 Å². The highest BCUT2D eigenvalue weighted by Crippen LogP contribution is 2.33. The Labute approximate surface area is 176 Å². The maximum Gasteiger partial charge on any atom is 0.276 e. The topological polar surface area (TPSA) is 47.8 Å². The van der Waals surface area contributed by atoms with Crippen LogP contribution >= 0.6 is 11.3 Å². The molecule has 4 nitrogen and oxygen atoms in total. The lowest BCUT2D eigenvalue weighted by Crippen LogP contribution is -2.23. The summed E-state index contributed by atoms with van der Waals surface area (Å²) in [6, 6.07) is 17.0. The van der Waals surface area contributed by atoms with E-state index in [1.807, 2.05) is 54.8 Å². The van der Waals surface area contributed by atoms with Crippen molar-refractivity contribution in [1.29, 1.82) is 0 Å². The lowest BCUT2D eigenvalue weighted by Gasteiger charge is -2.07. The number of hydrogen-bond acceptors (Lipinski definition) is 4. The van der Waals surface area contributed by atoms with Crippen molar-refractivity contribution >= 4 is 32.3 Å². The van der Waals surface area contributed by atoms with Crippen LogP contribution < -0.4 is 5.56 Å². The van der Waals surface area contributed by atoms with E-state index in [0.717, 1.165) is 26.9 Å². The van der Waals surface area contributed by atoms with Gasteiger partial charge in [0.25, 0.3) is 5.56 Å². The SMILES string of the molecule is Cc1ccc(-c2csc3cnn(CCc4ccc5ccccc5n4)c(=O)c23)c(F)c1. The number of aromatic nitrogens is 3. The van der Waals surface area contributed by atoms with Crippen LogP contribution in [0.5, 0.6) is 0 Å². The molecule has 0 atom stereocenters. The van der Waals surface area contributed by atoms with Gasteiger partial charge in [-0.2, -0.15) is 5.10 Å². The Morgan fingerprint density at radius 1 is 1.07 bits per heavy atom. The van der Waals surface area contributed by atoms with E-state index in [-0.39, 0.29) is 11.4 Å². The molecule has 3 heterocycles. The van der Waals surface area contributed by atoms with Gasteiger partial charge in [-0.15, -0.1) is 11.3 Å². The quantitative estimate of drug-likeness (QED) is 0.397. The first-order valence-electron chi connectivity index (χ1n) is 9.69. The van der Waals surface area contributed by atoms with Gasteiger partial charge in [0, 0.05) is 34.0 Å². The Morgan fingerprint density at radius 3 is 2.80 bits per heavy atom. The molecule has 0 unspecified atom stereocenters. The first-order valence-corrected chi connectivity index (χ1v) is 10.6. The van der Waals surface area contributed by atoms with Crippen LogP contribution in [0.2, 0.25) is 0 Å². The number of thiophene rings is 1. The standard InChI is InChI=1S/C24H18FN3OS/c1-15-6-9-18(20(25)12-15)19-14-30-22-13-26-28(24(29)23(19)22)11-10-17-8-7-16-4-2-3-5-21(16)27-17/h2-9,12-14H,10-11H2,1H3. The Morgan fingerprint density at radius 2 is 1.93 bits per heavy atom. The fourth-order valence-electron chi connectivity index (χ4n) is 3.66. The van der Waals surface area contributed by atoms with Gasteiger partial charge in [0.05, 0.1) is 28.3 Å². The summed E-state index contributed by atoms with van der Waals surface area (Å²) in [6.45, 7) is 2.25. The first kappa shape index (κ1) is 18.6. The van der Waals surface area contributed by atoms with Crippen LogP contribution in [0.3, 0.4) is 0 Å². The zero-order valence-corrected chi connectivity index (χ0v) is 17.1. The predicted molar refractivity (Wildman–Crippen MR) is 119 cm³/mol. The maximum atomic E-state index is 14.5. The molecule has 5 rings (SSSR count). The molecule has 148 valence electrons. The number of halogens is 1. The third-order valence-corrected chi connectivity index (χ3v) is 6.15. The highest BCUT2D eigenvalue weighted by Gasteiger charge is 2.16. The minimum absolute atomic E-state index is 0.204. The van der Waals surface area contributed by atoms with Gasteiger partial charge in [0.1, 0.15) is 5.82 Å². The van der Waals surface area contributed by atoms with Crippen LogP contribution in [-0.2, 0) is 13.0 Å². The number of hydrogen-bond donors (Lipinski definition) is 0. The highest BCUT2D eigenvalue weighted by atomic mass is 32.1. The summed E-state index contributed by atoms with van der Waals surface area (Å²) in [5.41, 5.74) is 3.54. The summed E-state index contributed by atoms with van der Waals surface area (Å²) in [5, 5.41) is 7.75. The lowest BCUT2D eigenvalue weighted by molar-refractivity contribution is 0.580. The van der Waals surface area contributed by atoms with E-state index in [1.54, 1.807) is 12.3 Å². The number of nitrogens with zero attached hydrogens (tertiary/aromatic N) is 3. The van der Waals surface area contributed by atoms with Gasteiger partial charge in [-0.05, 0) is 30.7 Å². The molecular formula is C24H18FN3OS. The van der Waals surface area contributed by atoms with Crippen molar-refractivity contribution < 1.29 is 4.39 Å². The molecule has 0 saturated carbocycles. The molecule has 0 bridgehead atoms. The smallest absolute Gasteiger partial charge is 0.267 e. The molecule has 3 aromatic heterocycles. The van der Waals surface area contributed by atoms with E-state index in [0.29, 0.717) is 29.5 Å². The fourth-order valence-corrected chi connectivity index (χ4v) is 4.57. The summed E-state index contributed by atoms with van der Waals surface area (Å²) in [6.07, 6.45) is 2.27. The minimum Gasteiger partial charge on any atom is -0.267 e. The molecule has 6 heteroatoms. The van der Waals surface area contributed by atoms with E-state index < -0.39 is 0 Å².